The van der Waals surface area contributed by atoms with Gasteiger partial charge in [0.25, 0.3) is 0 Å². The van der Waals surface area contributed by atoms with E-state index in [1.165, 1.54) is 117 Å². The molecule has 2 fully saturated rings. The summed E-state index contributed by atoms with van der Waals surface area (Å²) in [5, 5.41) is 0. The summed E-state index contributed by atoms with van der Waals surface area (Å²) in [6, 6.07) is 26.2. The number of fused-ring (bicyclic) bond motifs is 3. The first-order valence-corrected chi connectivity index (χ1v) is 18.5. The highest BCUT2D eigenvalue weighted by Crippen LogP contribution is 2.58. The van der Waals surface area contributed by atoms with Gasteiger partial charge >= 0.3 is 0 Å². The molecule has 0 amide bonds. The predicted octanol–water partition coefficient (Wildman–Crippen LogP) is 12.3. The highest BCUT2D eigenvalue weighted by atomic mass is 16.5. The molecule has 0 N–H and O–H groups in total. The van der Waals surface area contributed by atoms with E-state index in [9.17, 15) is 0 Å². The van der Waals surface area contributed by atoms with Crippen molar-refractivity contribution in [1.82, 2.24) is 0 Å². The van der Waals surface area contributed by atoms with Crippen LogP contribution >= 0.6 is 0 Å². The van der Waals surface area contributed by atoms with E-state index in [2.05, 4.69) is 108 Å². The van der Waals surface area contributed by atoms with Crippen LogP contribution in [0.15, 0.2) is 73.3 Å². The molecule has 0 bridgehead atoms. The van der Waals surface area contributed by atoms with Gasteiger partial charge in [-0.2, -0.15) is 0 Å². The summed E-state index contributed by atoms with van der Waals surface area (Å²) < 4.78 is 6.49. The third-order valence-corrected chi connectivity index (χ3v) is 11.8. The molecule has 0 aromatic heterocycles. The number of allylic oxidation sites excluding steroid dienone is 1. The SMILES string of the molecule is C=C(CCC1CC1)c1cccc2c1-c1ccccc1C2(c1cc(C)c(CCC(C)CC)c(C)c1)c1cc(C)c(OCC2CC2)c(C)c1. The quantitative estimate of drug-likeness (QED) is 0.127. The summed E-state index contributed by atoms with van der Waals surface area (Å²) >= 11 is 0. The van der Waals surface area contributed by atoms with Crippen LogP contribution in [-0.4, -0.2) is 6.61 Å². The van der Waals surface area contributed by atoms with Gasteiger partial charge in [-0.3, -0.25) is 0 Å². The zero-order valence-electron chi connectivity index (χ0n) is 29.8. The zero-order chi connectivity index (χ0) is 32.9. The Labute approximate surface area is 284 Å². The summed E-state index contributed by atoms with van der Waals surface area (Å²) in [4.78, 5) is 0. The first kappa shape index (κ1) is 32.0. The average Bonchev–Trinajstić information content (AvgIpc) is 4.00. The highest BCUT2D eigenvalue weighted by molar-refractivity contribution is 5.93. The van der Waals surface area contributed by atoms with Crippen molar-refractivity contribution in [2.75, 3.05) is 6.61 Å². The lowest BCUT2D eigenvalue weighted by Crippen LogP contribution is -2.29. The van der Waals surface area contributed by atoms with Crippen molar-refractivity contribution in [1.29, 1.82) is 0 Å². The second-order valence-corrected chi connectivity index (χ2v) is 15.4. The third kappa shape index (κ3) is 5.90. The largest absolute Gasteiger partial charge is 0.493 e. The summed E-state index contributed by atoms with van der Waals surface area (Å²) in [6.45, 7) is 19.4. The van der Waals surface area contributed by atoms with Gasteiger partial charge in [-0.15, -0.1) is 0 Å². The van der Waals surface area contributed by atoms with Gasteiger partial charge in [0.1, 0.15) is 5.75 Å². The van der Waals surface area contributed by atoms with Crippen LogP contribution in [0.4, 0.5) is 0 Å². The Kier molecular flexibility index (Phi) is 8.71. The molecule has 4 aromatic rings. The summed E-state index contributed by atoms with van der Waals surface area (Å²) in [5.41, 5.74) is 17.2. The van der Waals surface area contributed by atoms with E-state index in [-0.39, 0.29) is 0 Å². The van der Waals surface area contributed by atoms with Crippen LogP contribution < -0.4 is 4.74 Å². The van der Waals surface area contributed by atoms with Crippen LogP contribution in [0.25, 0.3) is 16.7 Å². The van der Waals surface area contributed by atoms with Gasteiger partial charge in [-0.05, 0) is 156 Å². The van der Waals surface area contributed by atoms with Gasteiger partial charge in [-0.1, -0.05) is 106 Å². The van der Waals surface area contributed by atoms with E-state index in [1.807, 2.05) is 0 Å². The molecule has 0 aliphatic heterocycles. The van der Waals surface area contributed by atoms with Crippen LogP contribution in [0, 0.1) is 45.4 Å². The second kappa shape index (κ2) is 12.8. The molecule has 0 radical (unpaired) electrons. The molecule has 4 aromatic carbocycles. The lowest BCUT2D eigenvalue weighted by Gasteiger charge is -2.36. The zero-order valence-corrected chi connectivity index (χ0v) is 29.8. The summed E-state index contributed by atoms with van der Waals surface area (Å²) in [5.74, 6) is 3.43. The molecule has 1 heteroatoms. The number of ether oxygens (including phenoxy) is 1. The number of aryl methyl sites for hydroxylation is 4. The van der Waals surface area contributed by atoms with Gasteiger partial charge in [0.2, 0.25) is 0 Å². The number of rotatable bonds is 13. The minimum absolute atomic E-state index is 0.436. The monoisotopic (exact) mass is 622 g/mol. The fourth-order valence-corrected chi connectivity index (χ4v) is 8.41. The third-order valence-electron chi connectivity index (χ3n) is 11.8. The van der Waals surface area contributed by atoms with Crippen molar-refractivity contribution in [3.05, 3.63) is 129 Å². The molecule has 244 valence electrons. The molecule has 3 aliphatic rings. The lowest BCUT2D eigenvalue weighted by atomic mass is 9.66. The van der Waals surface area contributed by atoms with E-state index >= 15 is 0 Å². The molecule has 7 rings (SSSR count). The molecular formula is C46H54O. The minimum atomic E-state index is -0.436. The molecule has 0 heterocycles. The van der Waals surface area contributed by atoms with Crippen molar-refractivity contribution >= 4 is 5.57 Å². The van der Waals surface area contributed by atoms with Crippen molar-refractivity contribution in [3.8, 4) is 16.9 Å². The maximum atomic E-state index is 6.49. The summed E-state index contributed by atoms with van der Waals surface area (Å²) in [6.07, 6.45) is 11.3. The van der Waals surface area contributed by atoms with E-state index < -0.39 is 5.41 Å². The van der Waals surface area contributed by atoms with Gasteiger partial charge < -0.3 is 4.74 Å². The van der Waals surface area contributed by atoms with E-state index in [1.54, 1.807) is 0 Å². The number of hydrogen-bond donors (Lipinski definition) is 0. The Morgan fingerprint density at radius 2 is 1.43 bits per heavy atom. The van der Waals surface area contributed by atoms with E-state index in [4.69, 9.17) is 11.3 Å². The molecule has 2 unspecified atom stereocenters. The van der Waals surface area contributed by atoms with Crippen LogP contribution in [0.2, 0.25) is 0 Å². The Morgan fingerprint density at radius 3 is 2.06 bits per heavy atom. The van der Waals surface area contributed by atoms with Gasteiger partial charge in [0.05, 0.1) is 12.0 Å². The second-order valence-electron chi connectivity index (χ2n) is 15.4. The van der Waals surface area contributed by atoms with E-state index in [0.717, 1.165) is 43.0 Å². The molecule has 1 nitrogen and oxygen atoms in total. The Balaban J connectivity index is 1.45. The van der Waals surface area contributed by atoms with Crippen molar-refractivity contribution in [3.63, 3.8) is 0 Å². The molecule has 2 saturated carbocycles. The van der Waals surface area contributed by atoms with Crippen LogP contribution in [0.1, 0.15) is 121 Å². The fraction of sp³-hybridized carbons (Fsp3) is 0.435. The Morgan fingerprint density at radius 1 is 0.809 bits per heavy atom. The first-order chi connectivity index (χ1) is 22.7. The maximum absolute atomic E-state index is 6.49. The Bertz CT molecular complexity index is 1770. The number of hydrogen-bond acceptors (Lipinski definition) is 1. The summed E-state index contributed by atoms with van der Waals surface area (Å²) in [7, 11) is 0. The first-order valence-electron chi connectivity index (χ1n) is 18.5. The lowest BCUT2D eigenvalue weighted by molar-refractivity contribution is 0.295. The number of benzene rings is 4. The van der Waals surface area contributed by atoms with Crippen LogP contribution in [0.3, 0.4) is 0 Å². The van der Waals surface area contributed by atoms with Crippen molar-refractivity contribution in [2.45, 2.75) is 105 Å². The molecule has 3 aliphatic carbocycles. The van der Waals surface area contributed by atoms with Crippen LogP contribution in [-0.2, 0) is 11.8 Å². The average molecular weight is 623 g/mol. The van der Waals surface area contributed by atoms with Crippen LogP contribution in [0.5, 0.6) is 5.75 Å². The standard InChI is InChI=1S/C46H54O/c1-8-29(2)16-23-39-31(4)24-37(25-32(39)5)46(38-26-33(6)45(34(7)27-38)47-28-36-21-22-36)42-14-10-9-12-41(42)44-40(13-11-15-43(44)46)30(3)17-18-35-19-20-35/h9-15,24-27,29,35-36H,3,8,16-23,28H2,1-2,4-7H3. The molecular weight excluding hydrogens is 569 g/mol. The topological polar surface area (TPSA) is 9.23 Å². The van der Waals surface area contributed by atoms with Gasteiger partial charge in [0, 0.05) is 0 Å². The van der Waals surface area contributed by atoms with Crippen molar-refractivity contribution < 1.29 is 4.74 Å². The molecule has 47 heavy (non-hydrogen) atoms. The van der Waals surface area contributed by atoms with Gasteiger partial charge in [0.15, 0.2) is 0 Å². The van der Waals surface area contributed by atoms with E-state index in [0.29, 0.717) is 0 Å². The molecule has 0 spiro atoms. The highest BCUT2D eigenvalue weighted by Gasteiger charge is 2.47. The smallest absolute Gasteiger partial charge is 0.125 e. The predicted molar refractivity (Wildman–Crippen MR) is 200 cm³/mol. The molecule has 2 atom stereocenters. The van der Waals surface area contributed by atoms with Gasteiger partial charge in [-0.25, -0.2) is 0 Å². The minimum Gasteiger partial charge on any atom is -0.493 e. The normalized spacial score (nSPS) is 18.9. The maximum Gasteiger partial charge on any atom is 0.125 e. The van der Waals surface area contributed by atoms with Crippen molar-refractivity contribution in [2.24, 2.45) is 17.8 Å². The molecule has 0 saturated heterocycles. The Hall–Kier alpha value is -3.58. The fourth-order valence-electron chi connectivity index (χ4n) is 8.41.